The molecule has 5 aromatic rings. The zero-order valence-electron chi connectivity index (χ0n) is 24.4. The molecule has 1 N–H and O–H groups in total. The van der Waals surface area contributed by atoms with Gasteiger partial charge in [0, 0.05) is 23.6 Å². The van der Waals surface area contributed by atoms with E-state index in [0.717, 1.165) is 38.6 Å². The van der Waals surface area contributed by atoms with Crippen molar-refractivity contribution in [2.75, 3.05) is 34.9 Å². The van der Waals surface area contributed by atoms with Crippen LogP contribution in [-0.2, 0) is 5.60 Å². The summed E-state index contributed by atoms with van der Waals surface area (Å²) in [5.74, 6) is 0.227. The van der Waals surface area contributed by atoms with Gasteiger partial charge in [-0.2, -0.15) is 10.2 Å². The number of methoxy groups -OCH3 is 2. The van der Waals surface area contributed by atoms with Crippen LogP contribution in [-0.4, -0.2) is 49.9 Å². The van der Waals surface area contributed by atoms with Crippen LogP contribution in [0.1, 0.15) is 34.6 Å². The van der Waals surface area contributed by atoms with E-state index in [1.165, 1.54) is 0 Å². The lowest BCUT2D eigenvalue weighted by atomic mass is 9.70. The minimum atomic E-state index is -1.35. The van der Waals surface area contributed by atoms with Crippen molar-refractivity contribution in [1.29, 1.82) is 5.26 Å². The van der Waals surface area contributed by atoms with Crippen molar-refractivity contribution in [2.45, 2.75) is 17.9 Å². The molecule has 1 heterocycles. The second kappa shape index (κ2) is 12.4. The van der Waals surface area contributed by atoms with Crippen molar-refractivity contribution >= 4 is 10.8 Å². The van der Waals surface area contributed by atoms with Crippen LogP contribution >= 0.6 is 0 Å². The maximum atomic E-state index is 13.2. The SMILES string of the molecule is COc1nc(OC)c(C(c2ccccc2)C(O)(CCN(C)C)c2cccc3ccccc23)cc1-c1ccc(C#N)cc1. The standard InChI is InChI=1S/C36H35N3O3/c1-39(2)22-21-36(40,32-16-10-14-26-11-8-9-15-29(26)32)33(28-12-6-5-7-13-28)31-23-30(34(41-3)38-35(31)42-4)27-19-17-25(24-37)18-20-27/h5-20,23,33,40H,21-22H2,1-4H3. The van der Waals surface area contributed by atoms with Gasteiger partial charge in [0.1, 0.15) is 5.60 Å². The molecule has 212 valence electrons. The number of pyridine rings is 1. The fourth-order valence-corrected chi connectivity index (χ4v) is 5.74. The Bertz CT molecular complexity index is 1710. The lowest BCUT2D eigenvalue weighted by Gasteiger charge is -2.39. The molecule has 6 heteroatoms. The summed E-state index contributed by atoms with van der Waals surface area (Å²) < 4.78 is 11.6. The van der Waals surface area contributed by atoms with Gasteiger partial charge in [0.15, 0.2) is 0 Å². The minimum Gasteiger partial charge on any atom is -0.481 e. The van der Waals surface area contributed by atoms with Crippen molar-refractivity contribution in [1.82, 2.24) is 9.88 Å². The van der Waals surface area contributed by atoms with E-state index in [2.05, 4.69) is 29.2 Å². The van der Waals surface area contributed by atoms with Gasteiger partial charge in [-0.15, -0.1) is 0 Å². The maximum Gasteiger partial charge on any atom is 0.224 e. The van der Waals surface area contributed by atoms with Gasteiger partial charge in [0.05, 0.1) is 25.9 Å². The van der Waals surface area contributed by atoms with Crippen LogP contribution in [0.3, 0.4) is 0 Å². The zero-order chi connectivity index (χ0) is 29.7. The number of benzene rings is 4. The normalized spacial score (nSPS) is 13.4. The molecular weight excluding hydrogens is 522 g/mol. The number of rotatable bonds is 10. The summed E-state index contributed by atoms with van der Waals surface area (Å²) in [5.41, 5.74) is 3.31. The largest absolute Gasteiger partial charge is 0.481 e. The summed E-state index contributed by atoms with van der Waals surface area (Å²) in [7, 11) is 7.19. The number of ether oxygens (including phenoxy) is 2. The number of hydrogen-bond acceptors (Lipinski definition) is 6. The fourth-order valence-electron chi connectivity index (χ4n) is 5.74. The summed E-state index contributed by atoms with van der Waals surface area (Å²) in [6.45, 7) is 0.650. The highest BCUT2D eigenvalue weighted by Gasteiger charge is 2.43. The van der Waals surface area contributed by atoms with Crippen LogP contribution in [0.15, 0.2) is 103 Å². The van der Waals surface area contributed by atoms with Gasteiger partial charge >= 0.3 is 0 Å². The van der Waals surface area contributed by atoms with Gasteiger partial charge in [-0.3, -0.25) is 0 Å². The number of nitrogens with zero attached hydrogens (tertiary/aromatic N) is 3. The first-order valence-corrected chi connectivity index (χ1v) is 13.9. The van der Waals surface area contributed by atoms with Crippen LogP contribution in [0.5, 0.6) is 11.8 Å². The van der Waals surface area contributed by atoms with Crippen molar-refractivity contribution in [2.24, 2.45) is 0 Å². The minimum absolute atomic E-state index is 0.376. The number of aromatic nitrogens is 1. The lowest BCUT2D eigenvalue weighted by molar-refractivity contribution is 0.00513. The molecule has 0 saturated heterocycles. The molecule has 1 aromatic heterocycles. The van der Waals surface area contributed by atoms with Crippen LogP contribution in [0.2, 0.25) is 0 Å². The maximum absolute atomic E-state index is 13.2. The highest BCUT2D eigenvalue weighted by molar-refractivity contribution is 5.87. The monoisotopic (exact) mass is 557 g/mol. The molecule has 0 spiro atoms. The Morgan fingerprint density at radius 3 is 2.19 bits per heavy atom. The molecule has 0 radical (unpaired) electrons. The predicted molar refractivity (Wildman–Crippen MR) is 167 cm³/mol. The molecular formula is C36H35N3O3. The molecule has 2 atom stereocenters. The van der Waals surface area contributed by atoms with E-state index < -0.39 is 11.5 Å². The third-order valence-corrected chi connectivity index (χ3v) is 7.81. The van der Waals surface area contributed by atoms with Gasteiger partial charge < -0.3 is 19.5 Å². The Hall–Kier alpha value is -4.70. The van der Waals surface area contributed by atoms with Crippen LogP contribution in [0.4, 0.5) is 0 Å². The highest BCUT2D eigenvalue weighted by atomic mass is 16.5. The Kier molecular flexibility index (Phi) is 8.53. The lowest BCUT2D eigenvalue weighted by Crippen LogP contribution is -2.38. The number of aliphatic hydroxyl groups is 1. The topological polar surface area (TPSA) is 78.6 Å². The first-order chi connectivity index (χ1) is 20.4. The van der Waals surface area contributed by atoms with Gasteiger partial charge in [-0.25, -0.2) is 0 Å². The average Bonchev–Trinajstić information content (AvgIpc) is 3.04. The molecule has 0 bridgehead atoms. The Labute approximate surface area is 247 Å². The smallest absolute Gasteiger partial charge is 0.224 e. The fraction of sp³-hybridized carbons (Fsp3) is 0.222. The van der Waals surface area contributed by atoms with Crippen LogP contribution in [0, 0.1) is 11.3 Å². The van der Waals surface area contributed by atoms with Gasteiger partial charge in [-0.05, 0) is 66.2 Å². The number of fused-ring (bicyclic) bond motifs is 1. The second-order valence-electron chi connectivity index (χ2n) is 10.7. The van der Waals surface area contributed by atoms with Crippen LogP contribution in [0.25, 0.3) is 21.9 Å². The Balaban J connectivity index is 1.83. The first kappa shape index (κ1) is 28.8. The summed E-state index contributed by atoms with van der Waals surface area (Å²) in [4.78, 5) is 6.90. The molecule has 4 aromatic carbocycles. The van der Waals surface area contributed by atoms with Gasteiger partial charge in [0.25, 0.3) is 0 Å². The third-order valence-electron chi connectivity index (χ3n) is 7.81. The van der Waals surface area contributed by atoms with E-state index >= 15 is 0 Å². The summed E-state index contributed by atoms with van der Waals surface area (Å²) in [6, 6.07) is 35.8. The first-order valence-electron chi connectivity index (χ1n) is 13.9. The second-order valence-corrected chi connectivity index (χ2v) is 10.7. The molecule has 42 heavy (non-hydrogen) atoms. The number of hydrogen-bond donors (Lipinski definition) is 1. The summed E-state index contributed by atoms with van der Waals surface area (Å²) >= 11 is 0. The Morgan fingerprint density at radius 2 is 1.52 bits per heavy atom. The van der Waals surface area contributed by atoms with Crippen molar-refractivity contribution in [3.05, 3.63) is 125 Å². The van der Waals surface area contributed by atoms with Crippen LogP contribution < -0.4 is 9.47 Å². The molecule has 2 unspecified atom stereocenters. The van der Waals surface area contributed by atoms with Crippen molar-refractivity contribution in [3.63, 3.8) is 0 Å². The van der Waals surface area contributed by atoms with Crippen molar-refractivity contribution in [3.8, 4) is 29.0 Å². The van der Waals surface area contributed by atoms with Crippen molar-refractivity contribution < 1.29 is 14.6 Å². The average molecular weight is 558 g/mol. The van der Waals surface area contributed by atoms with Gasteiger partial charge in [-0.1, -0.05) is 84.9 Å². The molecule has 0 aliphatic heterocycles. The molecule has 0 fully saturated rings. The van der Waals surface area contributed by atoms with Gasteiger partial charge in [0.2, 0.25) is 11.8 Å². The summed E-state index contributed by atoms with van der Waals surface area (Å²) in [5, 5.41) is 24.6. The molecule has 0 aliphatic rings. The van der Waals surface area contributed by atoms with E-state index in [0.29, 0.717) is 30.3 Å². The summed E-state index contributed by atoms with van der Waals surface area (Å²) in [6.07, 6.45) is 0.453. The van der Waals surface area contributed by atoms with E-state index in [1.807, 2.05) is 86.9 Å². The zero-order valence-corrected chi connectivity index (χ0v) is 24.4. The van der Waals surface area contributed by atoms with E-state index in [9.17, 15) is 10.4 Å². The molecule has 0 aliphatic carbocycles. The Morgan fingerprint density at radius 1 is 0.857 bits per heavy atom. The predicted octanol–water partition coefficient (Wildman–Crippen LogP) is 6.76. The third kappa shape index (κ3) is 5.58. The van der Waals surface area contributed by atoms with E-state index in [1.54, 1.807) is 26.4 Å². The number of nitriles is 1. The molecule has 0 saturated carbocycles. The van der Waals surface area contributed by atoms with E-state index in [4.69, 9.17) is 14.5 Å². The highest BCUT2D eigenvalue weighted by Crippen LogP contribution is 2.50. The molecule has 5 rings (SSSR count). The quantitative estimate of drug-likeness (QED) is 0.204. The molecule has 6 nitrogen and oxygen atoms in total. The van der Waals surface area contributed by atoms with E-state index in [-0.39, 0.29) is 0 Å². The molecule has 0 amide bonds.